The quantitative estimate of drug-likeness (QED) is 0.241. The lowest BCUT2D eigenvalue weighted by Gasteiger charge is -2.40. The standard InChI is InChI=1S/C36H49N3O7/c1-5-7-13-20-38-21-14-19-36-30(33(42)39(32(36)34(38)43)26(22-40)23(3)6-2)29-27(46-36)17-11-12-18-28(41)37-24(4)31(45-35(29)44)25-15-9-8-10-16-25/h8-11,14-17,19,23-24,26-27,29-32,40H,5-7,12-13,18,20-22H2,1-4H3,(H,37,41)/b17-11-/t23-,24-,26-,27-,29+,30+,31+,32-,36+/m0/s1. The van der Waals surface area contributed by atoms with E-state index < -0.39 is 53.7 Å². The van der Waals surface area contributed by atoms with E-state index in [0.717, 1.165) is 19.3 Å². The molecule has 4 aliphatic heterocycles. The molecule has 5 rings (SSSR count). The number of likely N-dealkylation sites (tertiary alicyclic amines) is 1. The highest BCUT2D eigenvalue weighted by Crippen LogP contribution is 2.54. The number of allylic oxidation sites excluding steroid dienone is 1. The van der Waals surface area contributed by atoms with Crippen LogP contribution >= 0.6 is 0 Å². The van der Waals surface area contributed by atoms with E-state index in [4.69, 9.17) is 9.47 Å². The number of hydrogen-bond acceptors (Lipinski definition) is 7. The number of ether oxygens (including phenoxy) is 2. The lowest BCUT2D eigenvalue weighted by atomic mass is 9.77. The molecule has 0 radical (unpaired) electrons. The third kappa shape index (κ3) is 6.26. The predicted molar refractivity (Wildman–Crippen MR) is 172 cm³/mol. The molecule has 2 fully saturated rings. The van der Waals surface area contributed by atoms with Crippen molar-refractivity contribution < 1.29 is 33.8 Å². The zero-order valence-corrected chi connectivity index (χ0v) is 27.5. The summed E-state index contributed by atoms with van der Waals surface area (Å²) in [6.45, 7) is 8.43. The molecule has 10 heteroatoms. The van der Waals surface area contributed by atoms with Gasteiger partial charge < -0.3 is 29.7 Å². The van der Waals surface area contributed by atoms with Gasteiger partial charge in [-0.15, -0.1) is 0 Å². The molecule has 9 atom stereocenters. The molecule has 2 saturated heterocycles. The molecule has 1 aromatic rings. The fraction of sp³-hybridized carbons (Fsp3) is 0.611. The number of carbonyl (C=O) groups is 4. The maximum Gasteiger partial charge on any atom is 0.313 e. The van der Waals surface area contributed by atoms with E-state index in [2.05, 4.69) is 12.2 Å². The highest BCUT2D eigenvalue weighted by molar-refractivity contribution is 5.99. The first-order valence-corrected chi connectivity index (χ1v) is 17.0. The first-order chi connectivity index (χ1) is 22.2. The van der Waals surface area contributed by atoms with Crippen molar-refractivity contribution in [2.75, 3.05) is 19.7 Å². The number of hydrogen-bond donors (Lipinski definition) is 2. The van der Waals surface area contributed by atoms with Crippen molar-refractivity contribution in [3.05, 3.63) is 60.2 Å². The monoisotopic (exact) mass is 635 g/mol. The van der Waals surface area contributed by atoms with Gasteiger partial charge in [0.2, 0.25) is 17.7 Å². The van der Waals surface area contributed by atoms with Gasteiger partial charge in [0.1, 0.15) is 23.7 Å². The number of cyclic esters (lactones) is 1. The van der Waals surface area contributed by atoms with Crippen molar-refractivity contribution in [3.8, 4) is 0 Å². The number of carbonyl (C=O) groups excluding carboxylic acids is 4. The molecule has 250 valence electrons. The van der Waals surface area contributed by atoms with Crippen LogP contribution in [0.4, 0.5) is 0 Å². The molecular formula is C36H49N3O7. The van der Waals surface area contributed by atoms with Crippen molar-refractivity contribution in [2.24, 2.45) is 17.8 Å². The second-order valence-corrected chi connectivity index (χ2v) is 13.2. The molecule has 10 nitrogen and oxygen atoms in total. The number of amides is 3. The molecule has 46 heavy (non-hydrogen) atoms. The largest absolute Gasteiger partial charge is 0.455 e. The zero-order valence-electron chi connectivity index (χ0n) is 27.5. The Bertz CT molecular complexity index is 1330. The predicted octanol–water partition coefficient (Wildman–Crippen LogP) is 3.70. The van der Waals surface area contributed by atoms with Gasteiger partial charge in [0.25, 0.3) is 0 Å². The number of nitrogens with zero attached hydrogens (tertiary/aromatic N) is 2. The summed E-state index contributed by atoms with van der Waals surface area (Å²) in [5.74, 6) is -3.62. The van der Waals surface area contributed by atoms with Crippen LogP contribution in [-0.2, 0) is 28.7 Å². The van der Waals surface area contributed by atoms with Gasteiger partial charge in [-0.25, -0.2) is 0 Å². The molecule has 2 N–H and O–H groups in total. The lowest BCUT2D eigenvalue weighted by molar-refractivity contribution is -0.162. The first kappa shape index (κ1) is 33.9. The first-order valence-electron chi connectivity index (χ1n) is 17.0. The number of unbranched alkanes of at least 4 members (excludes halogenated alkanes) is 2. The Balaban J connectivity index is 1.61. The molecule has 1 aromatic carbocycles. The molecule has 1 spiro atoms. The van der Waals surface area contributed by atoms with E-state index in [1.165, 1.54) is 4.90 Å². The fourth-order valence-corrected chi connectivity index (χ4v) is 7.62. The van der Waals surface area contributed by atoms with Gasteiger partial charge in [0.05, 0.1) is 30.7 Å². The average Bonchev–Trinajstić information content (AvgIpc) is 3.44. The highest BCUT2D eigenvalue weighted by Gasteiger charge is 2.72. The molecule has 0 aliphatic carbocycles. The Morgan fingerprint density at radius 3 is 2.52 bits per heavy atom. The van der Waals surface area contributed by atoms with Crippen LogP contribution in [-0.4, -0.2) is 88.1 Å². The normalized spacial score (nSPS) is 33.5. The van der Waals surface area contributed by atoms with Crippen LogP contribution in [0.5, 0.6) is 0 Å². The van der Waals surface area contributed by atoms with E-state index in [-0.39, 0.29) is 36.7 Å². The Morgan fingerprint density at radius 2 is 1.83 bits per heavy atom. The number of benzene rings is 1. The van der Waals surface area contributed by atoms with Crippen molar-refractivity contribution in [1.29, 1.82) is 0 Å². The Hall–Kier alpha value is -3.50. The van der Waals surface area contributed by atoms with E-state index in [9.17, 15) is 24.3 Å². The van der Waals surface area contributed by atoms with Gasteiger partial charge in [-0.2, -0.15) is 0 Å². The van der Waals surface area contributed by atoms with Crippen molar-refractivity contribution in [1.82, 2.24) is 15.1 Å². The second-order valence-electron chi connectivity index (χ2n) is 13.2. The number of esters is 1. The summed E-state index contributed by atoms with van der Waals surface area (Å²) in [5.41, 5.74) is -0.724. The average molecular weight is 636 g/mol. The van der Waals surface area contributed by atoms with Gasteiger partial charge in [-0.1, -0.05) is 94.7 Å². The van der Waals surface area contributed by atoms with Gasteiger partial charge in [-0.05, 0) is 31.2 Å². The van der Waals surface area contributed by atoms with Crippen molar-refractivity contribution >= 4 is 23.7 Å². The van der Waals surface area contributed by atoms with Crippen molar-refractivity contribution in [2.45, 2.75) is 102 Å². The lowest BCUT2D eigenvalue weighted by Crippen LogP contribution is -2.59. The molecule has 0 bridgehead atoms. The smallest absolute Gasteiger partial charge is 0.313 e. The minimum absolute atomic E-state index is 0.107. The minimum Gasteiger partial charge on any atom is -0.455 e. The molecule has 3 amide bonds. The molecule has 4 aliphatic rings. The molecule has 4 heterocycles. The highest BCUT2D eigenvalue weighted by atomic mass is 16.6. The van der Waals surface area contributed by atoms with Crippen LogP contribution in [0, 0.1) is 17.8 Å². The Kier molecular flexibility index (Phi) is 10.7. The van der Waals surface area contributed by atoms with Gasteiger partial charge in [0.15, 0.2) is 0 Å². The van der Waals surface area contributed by atoms with E-state index >= 15 is 0 Å². The number of rotatable bonds is 9. The molecule has 0 unspecified atom stereocenters. The molecular weight excluding hydrogens is 586 g/mol. The van der Waals surface area contributed by atoms with Crippen LogP contribution in [0.2, 0.25) is 0 Å². The summed E-state index contributed by atoms with van der Waals surface area (Å²) in [7, 11) is 0. The summed E-state index contributed by atoms with van der Waals surface area (Å²) in [6.07, 6.45) is 9.70. The molecule has 0 aromatic heterocycles. The summed E-state index contributed by atoms with van der Waals surface area (Å²) in [5, 5.41) is 13.6. The zero-order chi connectivity index (χ0) is 33.0. The van der Waals surface area contributed by atoms with Gasteiger partial charge in [-0.3, -0.25) is 19.2 Å². The van der Waals surface area contributed by atoms with Crippen LogP contribution in [0.3, 0.4) is 0 Å². The third-order valence-electron chi connectivity index (χ3n) is 10.2. The number of aliphatic hydroxyl groups is 1. The van der Waals surface area contributed by atoms with Gasteiger partial charge in [0, 0.05) is 19.5 Å². The van der Waals surface area contributed by atoms with Gasteiger partial charge >= 0.3 is 5.97 Å². The van der Waals surface area contributed by atoms with E-state index in [1.54, 1.807) is 24.0 Å². The maximum absolute atomic E-state index is 14.8. The topological polar surface area (TPSA) is 125 Å². The maximum atomic E-state index is 14.8. The molecule has 0 saturated carbocycles. The summed E-state index contributed by atoms with van der Waals surface area (Å²) in [6, 6.07) is 7.00. The van der Waals surface area contributed by atoms with Crippen LogP contribution in [0.1, 0.15) is 77.9 Å². The second kappa shape index (κ2) is 14.5. The van der Waals surface area contributed by atoms with Crippen LogP contribution in [0.25, 0.3) is 0 Å². The fourth-order valence-electron chi connectivity index (χ4n) is 7.62. The summed E-state index contributed by atoms with van der Waals surface area (Å²) in [4.78, 5) is 59.8. The Labute approximate surface area is 272 Å². The summed E-state index contributed by atoms with van der Waals surface area (Å²) >= 11 is 0. The van der Waals surface area contributed by atoms with Crippen LogP contribution < -0.4 is 5.32 Å². The van der Waals surface area contributed by atoms with Crippen LogP contribution in [0.15, 0.2) is 54.6 Å². The number of aliphatic hydroxyl groups excluding tert-OH is 1. The third-order valence-corrected chi connectivity index (χ3v) is 10.2. The van der Waals surface area contributed by atoms with E-state index in [0.29, 0.717) is 31.5 Å². The Morgan fingerprint density at radius 1 is 1.07 bits per heavy atom. The number of nitrogens with one attached hydrogen (secondary N) is 1. The minimum atomic E-state index is -1.44. The SMILES string of the molecule is CCCCCN1CC=C[C@@]23O[C@H]4/C=C\CCC(=O)N[C@@H](C)[C@H](c5ccccc5)OC(=O)[C@H]4[C@@H]2C(=O)N([C@@H](CO)[C@@H](C)CC)[C@H]3C1=O. The number of fused-ring (bicyclic) bond motifs is 2. The van der Waals surface area contributed by atoms with E-state index in [1.807, 2.05) is 56.3 Å². The van der Waals surface area contributed by atoms with Crippen molar-refractivity contribution in [3.63, 3.8) is 0 Å². The summed E-state index contributed by atoms with van der Waals surface area (Å²) < 4.78 is 13.1.